The molecular formula is C17H19N3O2. The van der Waals surface area contributed by atoms with Gasteiger partial charge < -0.3 is 14.2 Å². The molecule has 3 aromatic rings. The zero-order valence-electron chi connectivity index (χ0n) is 13.1. The summed E-state index contributed by atoms with van der Waals surface area (Å²) in [5.41, 5.74) is 5.71. The molecule has 1 aliphatic heterocycles. The van der Waals surface area contributed by atoms with Crippen molar-refractivity contribution >= 4 is 10.9 Å². The van der Waals surface area contributed by atoms with E-state index in [1.807, 2.05) is 0 Å². The third-order valence-electron chi connectivity index (χ3n) is 4.57. The molecule has 0 aliphatic carbocycles. The molecule has 1 aliphatic rings. The van der Waals surface area contributed by atoms with Crippen LogP contribution < -0.4 is 0 Å². The van der Waals surface area contributed by atoms with Crippen LogP contribution in [-0.2, 0) is 4.74 Å². The fourth-order valence-electron chi connectivity index (χ4n) is 3.25. The zero-order chi connectivity index (χ0) is 15.3. The Morgan fingerprint density at radius 3 is 2.73 bits per heavy atom. The molecule has 1 saturated heterocycles. The molecule has 0 bridgehead atoms. The highest BCUT2D eigenvalue weighted by molar-refractivity contribution is 5.93. The second-order valence-electron chi connectivity index (χ2n) is 6.09. The van der Waals surface area contributed by atoms with Gasteiger partial charge in [0.05, 0.1) is 6.61 Å². The number of nitrogens with one attached hydrogen (secondary N) is 1. The Morgan fingerprint density at radius 1 is 1.18 bits per heavy atom. The highest BCUT2D eigenvalue weighted by atomic mass is 16.5. The number of ether oxygens (including phenoxy) is 1. The van der Waals surface area contributed by atoms with Crippen LogP contribution in [0.2, 0.25) is 0 Å². The van der Waals surface area contributed by atoms with Crippen LogP contribution in [0, 0.1) is 20.8 Å². The Labute approximate surface area is 128 Å². The lowest BCUT2D eigenvalue weighted by Crippen LogP contribution is -1.99. The SMILES string of the molecule is Cc1ccc(C)c2c(C)c(-c3nc([C@@H]4CCOC4)no3)[nH]c12. The summed E-state index contributed by atoms with van der Waals surface area (Å²) in [7, 11) is 0. The average Bonchev–Trinajstić information content (AvgIpc) is 3.21. The van der Waals surface area contributed by atoms with Gasteiger partial charge in [0.15, 0.2) is 5.82 Å². The summed E-state index contributed by atoms with van der Waals surface area (Å²) < 4.78 is 10.9. The molecule has 0 unspecified atom stereocenters. The molecule has 1 aromatic carbocycles. The number of H-pyrrole nitrogens is 1. The minimum Gasteiger partial charge on any atom is -0.381 e. The van der Waals surface area contributed by atoms with Crippen molar-refractivity contribution in [2.45, 2.75) is 33.1 Å². The highest BCUT2D eigenvalue weighted by Gasteiger charge is 2.25. The first-order valence-corrected chi connectivity index (χ1v) is 7.65. The van der Waals surface area contributed by atoms with Gasteiger partial charge in [-0.1, -0.05) is 17.3 Å². The number of aromatic nitrogens is 3. The van der Waals surface area contributed by atoms with E-state index in [0.29, 0.717) is 12.5 Å². The molecule has 0 saturated carbocycles. The van der Waals surface area contributed by atoms with Crippen LogP contribution in [0.15, 0.2) is 16.7 Å². The normalized spacial score (nSPS) is 18.4. The number of benzene rings is 1. The number of hydrogen-bond acceptors (Lipinski definition) is 4. The maximum atomic E-state index is 5.51. The summed E-state index contributed by atoms with van der Waals surface area (Å²) in [6.07, 6.45) is 0.961. The second kappa shape index (κ2) is 4.95. The van der Waals surface area contributed by atoms with E-state index in [1.165, 1.54) is 16.5 Å². The van der Waals surface area contributed by atoms with Crippen LogP contribution in [0.4, 0.5) is 0 Å². The number of aryl methyl sites for hydroxylation is 3. The van der Waals surface area contributed by atoms with Crippen LogP contribution in [0.3, 0.4) is 0 Å². The topological polar surface area (TPSA) is 63.9 Å². The molecule has 1 fully saturated rings. The molecule has 22 heavy (non-hydrogen) atoms. The van der Waals surface area contributed by atoms with Crippen LogP contribution in [0.1, 0.15) is 34.9 Å². The van der Waals surface area contributed by atoms with Crippen LogP contribution in [0.5, 0.6) is 0 Å². The minimum absolute atomic E-state index is 0.255. The molecule has 114 valence electrons. The fraction of sp³-hybridized carbons (Fsp3) is 0.412. The van der Waals surface area contributed by atoms with Gasteiger partial charge in [-0.15, -0.1) is 0 Å². The van der Waals surface area contributed by atoms with Crippen molar-refractivity contribution in [1.82, 2.24) is 15.1 Å². The Kier molecular flexibility index (Phi) is 3.04. The largest absolute Gasteiger partial charge is 0.381 e. The predicted molar refractivity (Wildman–Crippen MR) is 84.0 cm³/mol. The highest BCUT2D eigenvalue weighted by Crippen LogP contribution is 2.33. The van der Waals surface area contributed by atoms with Gasteiger partial charge in [0.2, 0.25) is 0 Å². The van der Waals surface area contributed by atoms with Crippen molar-refractivity contribution in [3.05, 3.63) is 34.6 Å². The molecule has 2 aromatic heterocycles. The van der Waals surface area contributed by atoms with E-state index in [1.54, 1.807) is 0 Å². The third kappa shape index (κ3) is 1.96. The lowest BCUT2D eigenvalue weighted by atomic mass is 10.0. The number of hydrogen-bond donors (Lipinski definition) is 1. The molecule has 4 rings (SSSR count). The average molecular weight is 297 g/mol. The summed E-state index contributed by atoms with van der Waals surface area (Å²) in [6, 6.07) is 4.28. The summed E-state index contributed by atoms with van der Waals surface area (Å²) in [6.45, 7) is 7.79. The fourth-order valence-corrected chi connectivity index (χ4v) is 3.25. The van der Waals surface area contributed by atoms with Gasteiger partial charge in [-0.05, 0) is 43.9 Å². The summed E-state index contributed by atoms with van der Waals surface area (Å²) >= 11 is 0. The van der Waals surface area contributed by atoms with Crippen molar-refractivity contribution in [1.29, 1.82) is 0 Å². The third-order valence-corrected chi connectivity index (χ3v) is 4.57. The van der Waals surface area contributed by atoms with E-state index in [-0.39, 0.29) is 5.92 Å². The second-order valence-corrected chi connectivity index (χ2v) is 6.09. The Balaban J connectivity index is 1.83. The number of aromatic amines is 1. The monoisotopic (exact) mass is 297 g/mol. The van der Waals surface area contributed by atoms with E-state index in [4.69, 9.17) is 9.26 Å². The van der Waals surface area contributed by atoms with E-state index in [9.17, 15) is 0 Å². The molecule has 0 radical (unpaired) electrons. The Hall–Kier alpha value is -2.14. The van der Waals surface area contributed by atoms with Crippen LogP contribution in [0.25, 0.3) is 22.5 Å². The molecule has 1 N–H and O–H groups in total. The molecule has 5 nitrogen and oxygen atoms in total. The first-order valence-electron chi connectivity index (χ1n) is 7.65. The maximum absolute atomic E-state index is 5.51. The molecular weight excluding hydrogens is 278 g/mol. The lowest BCUT2D eigenvalue weighted by molar-refractivity contribution is 0.192. The van der Waals surface area contributed by atoms with Gasteiger partial charge in [0.1, 0.15) is 5.69 Å². The molecule has 3 heterocycles. The van der Waals surface area contributed by atoms with Gasteiger partial charge in [0, 0.05) is 23.4 Å². The van der Waals surface area contributed by atoms with Crippen molar-refractivity contribution in [2.75, 3.05) is 13.2 Å². The predicted octanol–water partition coefficient (Wildman–Crippen LogP) is 3.65. The van der Waals surface area contributed by atoms with Gasteiger partial charge in [-0.3, -0.25) is 0 Å². The van der Waals surface area contributed by atoms with Crippen molar-refractivity contribution in [3.8, 4) is 11.6 Å². The van der Waals surface area contributed by atoms with Crippen LogP contribution >= 0.6 is 0 Å². The zero-order valence-corrected chi connectivity index (χ0v) is 13.1. The van der Waals surface area contributed by atoms with Gasteiger partial charge in [-0.25, -0.2) is 0 Å². The number of rotatable bonds is 2. The van der Waals surface area contributed by atoms with Crippen molar-refractivity contribution < 1.29 is 9.26 Å². The first-order chi connectivity index (χ1) is 10.6. The van der Waals surface area contributed by atoms with E-state index < -0.39 is 0 Å². The molecule has 1 atom stereocenters. The number of fused-ring (bicyclic) bond motifs is 1. The summed E-state index contributed by atoms with van der Waals surface area (Å²) in [5.74, 6) is 1.57. The smallest absolute Gasteiger partial charge is 0.274 e. The minimum atomic E-state index is 0.255. The summed E-state index contributed by atoms with van der Waals surface area (Å²) in [4.78, 5) is 8.05. The van der Waals surface area contributed by atoms with Crippen molar-refractivity contribution in [3.63, 3.8) is 0 Å². The summed E-state index contributed by atoms with van der Waals surface area (Å²) in [5, 5.41) is 5.39. The molecule has 0 amide bonds. The molecule has 0 spiro atoms. The Bertz CT molecular complexity index is 841. The van der Waals surface area contributed by atoms with Gasteiger partial charge >= 0.3 is 0 Å². The number of nitrogens with zero attached hydrogens (tertiary/aromatic N) is 2. The maximum Gasteiger partial charge on any atom is 0.274 e. The lowest BCUT2D eigenvalue weighted by Gasteiger charge is -2.00. The quantitative estimate of drug-likeness (QED) is 0.784. The molecule has 5 heteroatoms. The van der Waals surface area contributed by atoms with Gasteiger partial charge in [-0.2, -0.15) is 4.98 Å². The van der Waals surface area contributed by atoms with Crippen molar-refractivity contribution in [2.24, 2.45) is 0 Å². The first kappa shape index (κ1) is 13.5. The standard InChI is InChI=1S/C17H19N3O2/c1-9-4-5-10(2)14-13(9)11(3)15(18-14)17-19-16(20-22-17)12-6-7-21-8-12/h4-5,12,18H,6-8H2,1-3H3/t12-/m1/s1. The van der Waals surface area contributed by atoms with Gasteiger partial charge in [0.25, 0.3) is 5.89 Å². The van der Waals surface area contributed by atoms with Crippen LogP contribution in [-0.4, -0.2) is 28.3 Å². The Morgan fingerprint density at radius 2 is 2.00 bits per heavy atom. The van der Waals surface area contributed by atoms with E-state index in [0.717, 1.165) is 35.6 Å². The van der Waals surface area contributed by atoms with E-state index >= 15 is 0 Å². The van der Waals surface area contributed by atoms with E-state index in [2.05, 4.69) is 48.0 Å².